The molecule has 0 aliphatic rings. The highest BCUT2D eigenvalue weighted by Gasteiger charge is 2.20. The zero-order valence-electron chi connectivity index (χ0n) is 15.0. The van der Waals surface area contributed by atoms with Crippen molar-refractivity contribution in [1.29, 1.82) is 0 Å². The Bertz CT molecular complexity index is 413. The van der Waals surface area contributed by atoms with E-state index in [-0.39, 0.29) is 0 Å². The molecule has 3 nitrogen and oxygen atoms in total. The van der Waals surface area contributed by atoms with E-state index in [0.29, 0.717) is 12.6 Å². The highest BCUT2D eigenvalue weighted by Crippen LogP contribution is 2.22. The van der Waals surface area contributed by atoms with Gasteiger partial charge in [0.1, 0.15) is 25.0 Å². The van der Waals surface area contributed by atoms with E-state index in [9.17, 15) is 5.11 Å². The molecule has 0 aromatic heterocycles. The van der Waals surface area contributed by atoms with Gasteiger partial charge in [-0.1, -0.05) is 38.5 Å². The number of aliphatic hydroxyl groups is 1. The van der Waals surface area contributed by atoms with Gasteiger partial charge in [-0.2, -0.15) is 0 Å². The zero-order chi connectivity index (χ0) is 16.5. The fraction of sp³-hybridized carbons (Fsp3) is 0.684. The first-order valence-electron chi connectivity index (χ1n) is 8.71. The van der Waals surface area contributed by atoms with E-state index >= 15 is 0 Å². The van der Waals surface area contributed by atoms with Gasteiger partial charge in [0.25, 0.3) is 0 Å². The highest BCUT2D eigenvalue weighted by molar-refractivity contribution is 5.39. The van der Waals surface area contributed by atoms with Crippen LogP contribution in [0.2, 0.25) is 0 Å². The van der Waals surface area contributed by atoms with Gasteiger partial charge in [0.2, 0.25) is 0 Å². The molecule has 0 saturated carbocycles. The van der Waals surface area contributed by atoms with Crippen molar-refractivity contribution in [3.8, 4) is 5.75 Å². The summed E-state index contributed by atoms with van der Waals surface area (Å²) in [5.74, 6) is 0.917. The predicted molar refractivity (Wildman–Crippen MR) is 92.8 cm³/mol. The number of hydrogen-bond acceptors (Lipinski definition) is 2. The van der Waals surface area contributed by atoms with Crippen LogP contribution >= 0.6 is 0 Å². The molecule has 3 heteroatoms. The lowest BCUT2D eigenvalue weighted by molar-refractivity contribution is -0.926. The molecule has 0 saturated heterocycles. The molecule has 22 heavy (non-hydrogen) atoms. The maximum absolute atomic E-state index is 10.4. The fourth-order valence-corrected chi connectivity index (χ4v) is 2.81. The minimum absolute atomic E-state index is 0.373. The molecule has 0 fully saturated rings. The molecule has 0 aliphatic heterocycles. The van der Waals surface area contributed by atoms with Gasteiger partial charge >= 0.3 is 0 Å². The molecule has 1 aromatic carbocycles. The van der Waals surface area contributed by atoms with Gasteiger partial charge in [0, 0.05) is 0 Å². The average Bonchev–Trinajstić information content (AvgIpc) is 2.50. The summed E-state index contributed by atoms with van der Waals surface area (Å²) in [6.45, 7) is 13.1. The van der Waals surface area contributed by atoms with Gasteiger partial charge in [0.15, 0.2) is 0 Å². The topological polar surface area (TPSA) is 33.9 Å². The van der Waals surface area contributed by atoms with Crippen LogP contribution in [0.15, 0.2) is 18.2 Å². The summed E-state index contributed by atoms with van der Waals surface area (Å²) in [6.07, 6.45) is 3.14. The van der Waals surface area contributed by atoms with Gasteiger partial charge in [-0.15, -0.1) is 0 Å². The molecule has 3 atom stereocenters. The summed E-state index contributed by atoms with van der Waals surface area (Å²) in [6, 6.07) is 6.72. The van der Waals surface area contributed by atoms with E-state index < -0.39 is 6.10 Å². The number of aryl methyl sites for hydroxylation is 2. The Hall–Kier alpha value is -1.06. The maximum Gasteiger partial charge on any atom is 0.137 e. The monoisotopic (exact) mass is 308 g/mol. The fourth-order valence-electron chi connectivity index (χ4n) is 2.81. The number of para-hydroxylation sites is 1. The molecule has 0 heterocycles. The molecule has 1 aromatic rings. The second-order valence-corrected chi connectivity index (χ2v) is 6.46. The minimum atomic E-state index is -0.417. The third kappa shape index (κ3) is 5.98. The van der Waals surface area contributed by atoms with E-state index in [1.54, 1.807) is 0 Å². The lowest BCUT2D eigenvalue weighted by Gasteiger charge is -2.27. The van der Waals surface area contributed by atoms with Crippen molar-refractivity contribution in [3.63, 3.8) is 0 Å². The second-order valence-electron chi connectivity index (χ2n) is 6.46. The van der Waals surface area contributed by atoms with Crippen molar-refractivity contribution in [2.45, 2.75) is 66.0 Å². The molecule has 0 bridgehead atoms. The van der Waals surface area contributed by atoms with Crippen molar-refractivity contribution >= 4 is 0 Å². The van der Waals surface area contributed by atoms with Crippen LogP contribution in [0.4, 0.5) is 0 Å². The number of hydrogen-bond donors (Lipinski definition) is 2. The van der Waals surface area contributed by atoms with E-state index in [2.05, 4.69) is 20.8 Å². The number of benzene rings is 1. The third-order valence-electron chi connectivity index (χ3n) is 4.49. The Labute approximate surface area is 136 Å². The highest BCUT2D eigenvalue weighted by atomic mass is 16.5. The van der Waals surface area contributed by atoms with Gasteiger partial charge in [-0.05, 0) is 44.7 Å². The number of ether oxygens (including phenoxy) is 1. The predicted octanol–water partition coefficient (Wildman–Crippen LogP) is 2.53. The van der Waals surface area contributed by atoms with Gasteiger partial charge in [-0.3, -0.25) is 0 Å². The number of rotatable bonds is 10. The van der Waals surface area contributed by atoms with Crippen molar-refractivity contribution in [3.05, 3.63) is 29.3 Å². The van der Waals surface area contributed by atoms with Crippen LogP contribution in [0.3, 0.4) is 0 Å². The first-order chi connectivity index (χ1) is 10.5. The number of unbranched alkanes of at least 4 members (excludes halogenated alkanes) is 1. The van der Waals surface area contributed by atoms with Crippen molar-refractivity contribution < 1.29 is 14.7 Å². The summed E-state index contributed by atoms with van der Waals surface area (Å²) in [7, 11) is 0. The second kappa shape index (κ2) is 9.86. The van der Waals surface area contributed by atoms with E-state index in [4.69, 9.17) is 4.74 Å². The normalized spacial score (nSPS) is 15.4. The summed E-state index contributed by atoms with van der Waals surface area (Å²) in [5, 5.41) is 10.4. The van der Waals surface area contributed by atoms with Crippen LogP contribution < -0.4 is 9.64 Å². The Morgan fingerprint density at radius 2 is 1.82 bits per heavy atom. The van der Waals surface area contributed by atoms with Crippen LogP contribution in [0.1, 0.15) is 51.2 Å². The summed E-state index contributed by atoms with van der Waals surface area (Å²) < 4.78 is 5.88. The van der Waals surface area contributed by atoms with Gasteiger partial charge in [0.05, 0.1) is 12.6 Å². The van der Waals surface area contributed by atoms with Crippen LogP contribution in [-0.2, 0) is 0 Å². The number of quaternary nitrogens is 1. The molecular weight excluding hydrogens is 274 g/mol. The first kappa shape index (κ1) is 19.0. The summed E-state index contributed by atoms with van der Waals surface area (Å²) in [4.78, 5) is 1.49. The molecule has 0 spiro atoms. The molecule has 0 amide bonds. The quantitative estimate of drug-likeness (QED) is 0.696. The van der Waals surface area contributed by atoms with E-state index in [0.717, 1.165) is 36.4 Å². The largest absolute Gasteiger partial charge is 0.490 e. The molecule has 126 valence electrons. The standard InChI is InChI=1S/C19H33NO2/c1-6-8-12-20(17(5)7-2)13-18(21)14-22-19-15(3)10-9-11-16(19)4/h9-11,17-18,21H,6-8,12-14H2,1-5H3/p+1/t17-,18+/m0/s1. The van der Waals surface area contributed by atoms with Gasteiger partial charge in [-0.25, -0.2) is 0 Å². The Morgan fingerprint density at radius 3 is 2.36 bits per heavy atom. The zero-order valence-corrected chi connectivity index (χ0v) is 15.0. The summed E-state index contributed by atoms with van der Waals surface area (Å²) >= 11 is 0. The Balaban J connectivity index is 2.54. The Morgan fingerprint density at radius 1 is 1.18 bits per heavy atom. The molecule has 2 N–H and O–H groups in total. The van der Waals surface area contributed by atoms with Crippen molar-refractivity contribution in [1.82, 2.24) is 0 Å². The first-order valence-corrected chi connectivity index (χ1v) is 8.71. The maximum atomic E-state index is 10.4. The SMILES string of the molecule is CCCC[NH+](C[C@@H](O)COc1c(C)cccc1C)[C@@H](C)CC. The number of nitrogens with one attached hydrogen (secondary N) is 1. The number of aliphatic hydroxyl groups excluding tert-OH is 1. The van der Waals surface area contributed by atoms with E-state index in [1.807, 2.05) is 32.0 Å². The Kier molecular flexibility index (Phi) is 8.51. The van der Waals surface area contributed by atoms with Gasteiger partial charge < -0.3 is 14.7 Å². The van der Waals surface area contributed by atoms with Crippen LogP contribution in [0.25, 0.3) is 0 Å². The molecular formula is C19H34NO2+. The van der Waals surface area contributed by atoms with Crippen molar-refractivity contribution in [2.75, 3.05) is 19.7 Å². The van der Waals surface area contributed by atoms with E-state index in [1.165, 1.54) is 17.7 Å². The molecule has 1 rings (SSSR count). The molecule has 1 unspecified atom stereocenters. The average molecular weight is 308 g/mol. The lowest BCUT2D eigenvalue weighted by Crippen LogP contribution is -3.16. The molecule has 0 radical (unpaired) electrons. The minimum Gasteiger partial charge on any atom is -0.490 e. The van der Waals surface area contributed by atoms with Crippen LogP contribution in [0.5, 0.6) is 5.75 Å². The van der Waals surface area contributed by atoms with Crippen LogP contribution in [0, 0.1) is 13.8 Å². The lowest BCUT2D eigenvalue weighted by atomic mass is 10.1. The molecule has 0 aliphatic carbocycles. The summed E-state index contributed by atoms with van der Waals surface area (Å²) in [5.41, 5.74) is 2.26. The smallest absolute Gasteiger partial charge is 0.137 e. The van der Waals surface area contributed by atoms with Crippen LogP contribution in [-0.4, -0.2) is 36.9 Å². The third-order valence-corrected chi connectivity index (χ3v) is 4.49. The van der Waals surface area contributed by atoms with Crippen molar-refractivity contribution in [2.24, 2.45) is 0 Å².